The van der Waals surface area contributed by atoms with Gasteiger partial charge in [-0.1, -0.05) is 13.8 Å². The monoisotopic (exact) mass is 209 g/mol. The van der Waals surface area contributed by atoms with Gasteiger partial charge in [0.1, 0.15) is 5.82 Å². The van der Waals surface area contributed by atoms with Gasteiger partial charge in [-0.05, 0) is 12.8 Å². The topological polar surface area (TPSA) is 47.0 Å². The molecule has 0 aromatic carbocycles. The molecule has 1 atom stereocenters. The van der Waals surface area contributed by atoms with Crippen LogP contribution >= 0.6 is 0 Å². The molecule has 15 heavy (non-hydrogen) atoms. The van der Waals surface area contributed by atoms with Crippen molar-refractivity contribution in [2.45, 2.75) is 26.8 Å². The number of anilines is 1. The zero-order valence-electron chi connectivity index (χ0n) is 9.82. The minimum atomic E-state index is 0.269. The van der Waals surface area contributed by atoms with E-state index in [1.807, 2.05) is 6.92 Å². The molecule has 0 radical (unpaired) electrons. The maximum Gasteiger partial charge on any atom is 0.147 e. The Morgan fingerprint density at radius 1 is 1.33 bits per heavy atom. The van der Waals surface area contributed by atoms with Gasteiger partial charge in [0, 0.05) is 19.5 Å². The van der Waals surface area contributed by atoms with E-state index in [0.29, 0.717) is 12.5 Å². The lowest BCUT2D eigenvalue weighted by molar-refractivity contribution is 0.171. The molecule has 1 N–H and O–H groups in total. The fourth-order valence-corrected chi connectivity index (χ4v) is 1.31. The van der Waals surface area contributed by atoms with Crippen molar-refractivity contribution in [2.75, 3.05) is 19.0 Å². The summed E-state index contributed by atoms with van der Waals surface area (Å²) < 4.78 is 5.17. The van der Waals surface area contributed by atoms with E-state index in [1.165, 1.54) is 0 Å². The third-order valence-corrected chi connectivity index (χ3v) is 2.35. The fourth-order valence-electron chi connectivity index (χ4n) is 1.31. The van der Waals surface area contributed by atoms with Crippen molar-refractivity contribution >= 4 is 5.82 Å². The van der Waals surface area contributed by atoms with Crippen molar-refractivity contribution in [1.29, 1.82) is 0 Å². The standard InChI is InChI=1S/C11H19N3O/c1-8(2)10(7-15-4)14-11-9(3)12-5-6-13-11/h5-6,8,10H,7H2,1-4H3,(H,13,14). The molecular formula is C11H19N3O. The van der Waals surface area contributed by atoms with E-state index >= 15 is 0 Å². The van der Waals surface area contributed by atoms with Crippen LogP contribution in [0.2, 0.25) is 0 Å². The Kier molecular flexibility index (Phi) is 4.49. The first-order valence-corrected chi connectivity index (χ1v) is 5.18. The smallest absolute Gasteiger partial charge is 0.147 e. The summed E-state index contributed by atoms with van der Waals surface area (Å²) >= 11 is 0. The molecule has 0 saturated carbocycles. The predicted molar refractivity (Wildman–Crippen MR) is 60.9 cm³/mol. The molecule has 0 aliphatic carbocycles. The highest BCUT2D eigenvalue weighted by Gasteiger charge is 2.14. The van der Waals surface area contributed by atoms with E-state index in [-0.39, 0.29) is 6.04 Å². The quantitative estimate of drug-likeness (QED) is 0.804. The first kappa shape index (κ1) is 11.9. The van der Waals surface area contributed by atoms with Gasteiger partial charge in [-0.25, -0.2) is 4.98 Å². The highest BCUT2D eigenvalue weighted by atomic mass is 16.5. The van der Waals surface area contributed by atoms with Gasteiger partial charge in [0.15, 0.2) is 0 Å². The fraction of sp³-hybridized carbons (Fsp3) is 0.636. The Morgan fingerprint density at radius 2 is 2.00 bits per heavy atom. The molecule has 0 spiro atoms. The maximum atomic E-state index is 5.17. The van der Waals surface area contributed by atoms with Crippen LogP contribution in [0.5, 0.6) is 0 Å². The minimum absolute atomic E-state index is 0.269. The van der Waals surface area contributed by atoms with Gasteiger partial charge in [-0.15, -0.1) is 0 Å². The first-order valence-electron chi connectivity index (χ1n) is 5.18. The van der Waals surface area contributed by atoms with Crippen LogP contribution in [-0.4, -0.2) is 29.7 Å². The van der Waals surface area contributed by atoms with E-state index in [4.69, 9.17) is 4.74 Å². The molecule has 4 heteroatoms. The van der Waals surface area contributed by atoms with E-state index in [2.05, 4.69) is 29.1 Å². The normalized spacial score (nSPS) is 12.9. The summed E-state index contributed by atoms with van der Waals surface area (Å²) in [5.74, 6) is 1.33. The van der Waals surface area contributed by atoms with Crippen LogP contribution in [0.3, 0.4) is 0 Å². The van der Waals surface area contributed by atoms with Crippen LogP contribution in [0.15, 0.2) is 12.4 Å². The number of nitrogens with one attached hydrogen (secondary N) is 1. The summed E-state index contributed by atoms with van der Waals surface area (Å²) in [7, 11) is 1.71. The number of hydrogen-bond acceptors (Lipinski definition) is 4. The summed E-state index contributed by atoms with van der Waals surface area (Å²) in [5, 5.41) is 3.35. The molecule has 84 valence electrons. The molecule has 0 aliphatic heterocycles. The first-order chi connectivity index (χ1) is 7.15. The average molecular weight is 209 g/mol. The van der Waals surface area contributed by atoms with E-state index in [9.17, 15) is 0 Å². The summed E-state index contributed by atoms with van der Waals surface area (Å²) in [6, 6.07) is 0.269. The number of rotatable bonds is 5. The molecule has 4 nitrogen and oxygen atoms in total. The highest BCUT2D eigenvalue weighted by Crippen LogP contribution is 2.12. The second-order valence-electron chi connectivity index (χ2n) is 3.94. The van der Waals surface area contributed by atoms with Crippen LogP contribution in [0.25, 0.3) is 0 Å². The third-order valence-electron chi connectivity index (χ3n) is 2.35. The van der Waals surface area contributed by atoms with Crippen LogP contribution in [0, 0.1) is 12.8 Å². The van der Waals surface area contributed by atoms with Crippen LogP contribution in [-0.2, 0) is 4.74 Å². The van der Waals surface area contributed by atoms with Gasteiger partial charge < -0.3 is 10.1 Å². The van der Waals surface area contributed by atoms with E-state index < -0.39 is 0 Å². The van der Waals surface area contributed by atoms with Crippen molar-refractivity contribution in [2.24, 2.45) is 5.92 Å². The van der Waals surface area contributed by atoms with Gasteiger partial charge >= 0.3 is 0 Å². The number of ether oxygens (including phenoxy) is 1. The lowest BCUT2D eigenvalue weighted by atomic mass is 10.1. The molecule has 0 amide bonds. The zero-order valence-corrected chi connectivity index (χ0v) is 9.82. The van der Waals surface area contributed by atoms with Crippen LogP contribution < -0.4 is 5.32 Å². The number of aromatic nitrogens is 2. The van der Waals surface area contributed by atoms with Gasteiger partial charge in [0.25, 0.3) is 0 Å². The third kappa shape index (κ3) is 3.47. The van der Waals surface area contributed by atoms with Crippen molar-refractivity contribution in [3.8, 4) is 0 Å². The largest absolute Gasteiger partial charge is 0.383 e. The van der Waals surface area contributed by atoms with Crippen molar-refractivity contribution in [3.05, 3.63) is 18.1 Å². The van der Waals surface area contributed by atoms with Gasteiger partial charge in [0.2, 0.25) is 0 Å². The van der Waals surface area contributed by atoms with Crippen molar-refractivity contribution < 1.29 is 4.74 Å². The molecule has 1 unspecified atom stereocenters. The summed E-state index contributed by atoms with van der Waals surface area (Å²) in [6.07, 6.45) is 3.39. The SMILES string of the molecule is COCC(Nc1nccnc1C)C(C)C. The van der Waals surface area contributed by atoms with E-state index in [0.717, 1.165) is 11.5 Å². The van der Waals surface area contributed by atoms with Crippen molar-refractivity contribution in [3.63, 3.8) is 0 Å². The molecule has 1 aromatic heterocycles. The van der Waals surface area contributed by atoms with Gasteiger partial charge in [-0.2, -0.15) is 0 Å². The Labute approximate surface area is 91.1 Å². The predicted octanol–water partition coefficient (Wildman–Crippen LogP) is 1.87. The summed E-state index contributed by atoms with van der Waals surface area (Å²) in [5.41, 5.74) is 0.916. The summed E-state index contributed by atoms with van der Waals surface area (Å²) in [4.78, 5) is 8.44. The van der Waals surface area contributed by atoms with Gasteiger partial charge in [-0.3, -0.25) is 4.98 Å². The molecular weight excluding hydrogens is 190 g/mol. The molecule has 0 saturated heterocycles. The number of methoxy groups -OCH3 is 1. The minimum Gasteiger partial charge on any atom is -0.383 e. The van der Waals surface area contributed by atoms with Crippen LogP contribution in [0.1, 0.15) is 19.5 Å². The zero-order chi connectivity index (χ0) is 11.3. The highest BCUT2D eigenvalue weighted by molar-refractivity contribution is 5.39. The molecule has 0 fully saturated rings. The molecule has 0 bridgehead atoms. The van der Waals surface area contributed by atoms with Gasteiger partial charge in [0.05, 0.1) is 18.3 Å². The second kappa shape index (κ2) is 5.66. The molecule has 1 heterocycles. The Morgan fingerprint density at radius 3 is 2.53 bits per heavy atom. The van der Waals surface area contributed by atoms with Crippen molar-refractivity contribution in [1.82, 2.24) is 9.97 Å². The number of hydrogen-bond donors (Lipinski definition) is 1. The van der Waals surface area contributed by atoms with E-state index in [1.54, 1.807) is 19.5 Å². The number of aryl methyl sites for hydroxylation is 1. The lowest BCUT2D eigenvalue weighted by Crippen LogP contribution is -2.31. The lowest BCUT2D eigenvalue weighted by Gasteiger charge is -2.22. The number of nitrogens with zero attached hydrogens (tertiary/aromatic N) is 2. The molecule has 0 aliphatic rings. The molecule has 1 aromatic rings. The Hall–Kier alpha value is -1.16. The Balaban J connectivity index is 2.69. The molecule has 1 rings (SSSR count). The Bertz CT molecular complexity index is 302. The summed E-state index contributed by atoms with van der Waals surface area (Å²) in [6.45, 7) is 6.93. The second-order valence-corrected chi connectivity index (χ2v) is 3.94. The van der Waals surface area contributed by atoms with Crippen LogP contribution in [0.4, 0.5) is 5.82 Å². The average Bonchev–Trinajstić information content (AvgIpc) is 2.20. The maximum absolute atomic E-state index is 5.17.